The first-order valence-corrected chi connectivity index (χ1v) is 10.1. The van der Waals surface area contributed by atoms with Crippen molar-refractivity contribution in [2.45, 2.75) is 25.9 Å². The van der Waals surface area contributed by atoms with Gasteiger partial charge in [0.25, 0.3) is 0 Å². The van der Waals surface area contributed by atoms with Gasteiger partial charge in [-0.3, -0.25) is 14.7 Å². The molecule has 28 heavy (non-hydrogen) atoms. The Morgan fingerprint density at radius 1 is 1.14 bits per heavy atom. The molecule has 3 rings (SSSR count). The number of esters is 1. The molecule has 2 aliphatic heterocycles. The van der Waals surface area contributed by atoms with Crippen LogP contribution in [0.2, 0.25) is 0 Å². The summed E-state index contributed by atoms with van der Waals surface area (Å²) in [5, 5.41) is 3.45. The third kappa shape index (κ3) is 5.69. The molecule has 0 atom stereocenters. The zero-order chi connectivity index (χ0) is 19.8. The Morgan fingerprint density at radius 3 is 2.39 bits per heavy atom. The third-order valence-electron chi connectivity index (χ3n) is 5.52. The van der Waals surface area contributed by atoms with Crippen LogP contribution in [0.1, 0.15) is 24.0 Å². The number of nitrogens with zero attached hydrogens (tertiary/aromatic N) is 3. The Labute approximate surface area is 167 Å². The molecule has 1 N–H and O–H groups in total. The lowest BCUT2D eigenvalue weighted by Crippen LogP contribution is -2.46. The lowest BCUT2D eigenvalue weighted by Gasteiger charge is -2.33. The number of methoxy groups -OCH3 is 1. The summed E-state index contributed by atoms with van der Waals surface area (Å²) in [5.41, 5.74) is 2.57. The maximum Gasteiger partial charge on any atom is 0.308 e. The van der Waals surface area contributed by atoms with Gasteiger partial charge in [0.05, 0.1) is 26.2 Å². The molecule has 7 nitrogen and oxygen atoms in total. The quantitative estimate of drug-likeness (QED) is 0.468. The van der Waals surface area contributed by atoms with Gasteiger partial charge in [-0.1, -0.05) is 24.3 Å². The number of ether oxygens (including phenoxy) is 2. The number of nitrogens with one attached hydrogen (secondary N) is 1. The van der Waals surface area contributed by atoms with Crippen LogP contribution in [0.5, 0.6) is 0 Å². The number of benzene rings is 1. The van der Waals surface area contributed by atoms with E-state index in [0.717, 1.165) is 71.3 Å². The predicted octanol–water partition coefficient (Wildman–Crippen LogP) is 1.48. The van der Waals surface area contributed by atoms with E-state index >= 15 is 0 Å². The summed E-state index contributed by atoms with van der Waals surface area (Å²) in [4.78, 5) is 20.7. The zero-order valence-electron chi connectivity index (χ0n) is 17.0. The van der Waals surface area contributed by atoms with Crippen molar-refractivity contribution in [2.24, 2.45) is 10.9 Å². The van der Waals surface area contributed by atoms with Crippen molar-refractivity contribution in [2.75, 3.05) is 53.6 Å². The van der Waals surface area contributed by atoms with Gasteiger partial charge in [0, 0.05) is 46.3 Å². The first-order chi connectivity index (χ1) is 13.7. The average molecular weight is 389 g/mol. The van der Waals surface area contributed by atoms with Gasteiger partial charge in [-0.15, -0.1) is 0 Å². The van der Waals surface area contributed by atoms with E-state index in [1.807, 2.05) is 0 Å². The van der Waals surface area contributed by atoms with E-state index in [0.29, 0.717) is 0 Å². The number of carbonyl (C=O) groups is 1. The monoisotopic (exact) mass is 388 g/mol. The molecule has 0 aromatic heterocycles. The SMILES string of the molecule is CN=C(NCc1ccc(CN2CCOCC2)cc1)N1CCC(C(=O)OC)CC1. The van der Waals surface area contributed by atoms with Crippen LogP contribution in [0.4, 0.5) is 0 Å². The number of rotatable bonds is 5. The van der Waals surface area contributed by atoms with Crippen LogP contribution in [0, 0.1) is 5.92 Å². The van der Waals surface area contributed by atoms with Crippen LogP contribution in [0.15, 0.2) is 29.3 Å². The smallest absolute Gasteiger partial charge is 0.308 e. The molecule has 2 heterocycles. The number of likely N-dealkylation sites (tertiary alicyclic amines) is 1. The Kier molecular flexibility index (Phi) is 7.68. The second-order valence-electron chi connectivity index (χ2n) is 7.39. The van der Waals surface area contributed by atoms with Crippen molar-refractivity contribution in [1.29, 1.82) is 0 Å². The molecule has 0 bridgehead atoms. The molecule has 2 aliphatic rings. The highest BCUT2D eigenvalue weighted by Gasteiger charge is 2.26. The topological polar surface area (TPSA) is 66.4 Å². The van der Waals surface area contributed by atoms with Gasteiger partial charge < -0.3 is 19.7 Å². The first kappa shape index (κ1) is 20.6. The summed E-state index contributed by atoms with van der Waals surface area (Å²) in [6.07, 6.45) is 1.62. The van der Waals surface area contributed by atoms with Gasteiger partial charge in [0.15, 0.2) is 5.96 Å². The number of hydrogen-bond acceptors (Lipinski definition) is 5. The second kappa shape index (κ2) is 10.4. The highest BCUT2D eigenvalue weighted by Crippen LogP contribution is 2.18. The minimum atomic E-state index is -0.0974. The number of aliphatic imine (C=N–C) groups is 1. The Hall–Kier alpha value is -2.12. The molecule has 0 amide bonds. The Balaban J connectivity index is 1.45. The zero-order valence-corrected chi connectivity index (χ0v) is 17.0. The Morgan fingerprint density at radius 2 is 1.79 bits per heavy atom. The van der Waals surface area contributed by atoms with Crippen LogP contribution >= 0.6 is 0 Å². The molecule has 7 heteroatoms. The number of hydrogen-bond donors (Lipinski definition) is 1. The molecule has 2 fully saturated rings. The van der Waals surface area contributed by atoms with Gasteiger partial charge in [-0.25, -0.2) is 0 Å². The van der Waals surface area contributed by atoms with Crippen molar-refractivity contribution in [1.82, 2.24) is 15.1 Å². The molecule has 0 spiro atoms. The van der Waals surface area contributed by atoms with Gasteiger partial charge in [0.1, 0.15) is 0 Å². The van der Waals surface area contributed by atoms with E-state index in [4.69, 9.17) is 9.47 Å². The molecule has 1 aromatic rings. The van der Waals surface area contributed by atoms with Gasteiger partial charge >= 0.3 is 5.97 Å². The summed E-state index contributed by atoms with van der Waals surface area (Å²) in [7, 11) is 3.27. The van der Waals surface area contributed by atoms with E-state index in [1.165, 1.54) is 18.2 Å². The molecule has 0 radical (unpaired) electrons. The fourth-order valence-corrected chi connectivity index (χ4v) is 3.79. The summed E-state index contributed by atoms with van der Waals surface area (Å²) in [6, 6.07) is 8.77. The molecular weight excluding hydrogens is 356 g/mol. The number of carbonyl (C=O) groups excluding carboxylic acids is 1. The van der Waals surface area contributed by atoms with E-state index in [1.54, 1.807) is 7.05 Å². The minimum Gasteiger partial charge on any atom is -0.469 e. The minimum absolute atomic E-state index is 0.0124. The van der Waals surface area contributed by atoms with E-state index in [-0.39, 0.29) is 11.9 Å². The molecule has 2 saturated heterocycles. The van der Waals surface area contributed by atoms with Crippen molar-refractivity contribution in [3.63, 3.8) is 0 Å². The highest BCUT2D eigenvalue weighted by molar-refractivity contribution is 5.80. The molecular formula is C21H32N4O3. The summed E-state index contributed by atoms with van der Waals surface area (Å²) >= 11 is 0. The normalized spacial score (nSPS) is 19.5. The lowest BCUT2D eigenvalue weighted by molar-refractivity contribution is -0.146. The molecule has 0 saturated carbocycles. The standard InChI is InChI=1S/C21H32N4O3/c1-22-21(25-9-7-19(8-10-25)20(26)27-2)23-15-17-3-5-18(6-4-17)16-24-11-13-28-14-12-24/h3-6,19H,7-16H2,1-2H3,(H,22,23). The fourth-order valence-electron chi connectivity index (χ4n) is 3.79. The third-order valence-corrected chi connectivity index (χ3v) is 5.52. The largest absolute Gasteiger partial charge is 0.469 e. The van der Waals surface area contributed by atoms with Crippen LogP contribution in [0.25, 0.3) is 0 Å². The van der Waals surface area contributed by atoms with Gasteiger partial charge in [-0.2, -0.15) is 0 Å². The van der Waals surface area contributed by atoms with Crippen LogP contribution in [0.3, 0.4) is 0 Å². The van der Waals surface area contributed by atoms with Crippen LogP contribution in [-0.4, -0.2) is 75.3 Å². The fraction of sp³-hybridized carbons (Fsp3) is 0.619. The molecule has 0 aliphatic carbocycles. The van der Waals surface area contributed by atoms with Gasteiger partial charge in [0.2, 0.25) is 0 Å². The lowest BCUT2D eigenvalue weighted by atomic mass is 9.97. The predicted molar refractivity (Wildman–Crippen MR) is 109 cm³/mol. The summed E-state index contributed by atoms with van der Waals surface area (Å²) < 4.78 is 10.3. The second-order valence-corrected chi connectivity index (χ2v) is 7.39. The van der Waals surface area contributed by atoms with E-state index < -0.39 is 0 Å². The van der Waals surface area contributed by atoms with E-state index in [9.17, 15) is 4.79 Å². The maximum atomic E-state index is 11.7. The van der Waals surface area contributed by atoms with E-state index in [2.05, 4.69) is 44.4 Å². The van der Waals surface area contributed by atoms with Crippen molar-refractivity contribution in [3.05, 3.63) is 35.4 Å². The molecule has 0 unspecified atom stereocenters. The summed E-state index contributed by atoms with van der Waals surface area (Å²) in [5.74, 6) is 0.804. The molecule has 154 valence electrons. The highest BCUT2D eigenvalue weighted by atomic mass is 16.5. The number of morpholine rings is 1. The van der Waals surface area contributed by atoms with Crippen molar-refractivity contribution in [3.8, 4) is 0 Å². The molecule has 1 aromatic carbocycles. The van der Waals surface area contributed by atoms with Crippen LogP contribution < -0.4 is 5.32 Å². The Bertz CT molecular complexity index is 648. The van der Waals surface area contributed by atoms with Crippen molar-refractivity contribution >= 4 is 11.9 Å². The first-order valence-electron chi connectivity index (χ1n) is 10.1. The van der Waals surface area contributed by atoms with Crippen molar-refractivity contribution < 1.29 is 14.3 Å². The number of piperidine rings is 1. The average Bonchev–Trinajstić information content (AvgIpc) is 2.76. The van der Waals surface area contributed by atoms with Gasteiger partial charge in [-0.05, 0) is 24.0 Å². The number of guanidine groups is 1. The maximum absolute atomic E-state index is 11.7. The summed E-state index contributed by atoms with van der Waals surface area (Å²) in [6.45, 7) is 7.03. The van der Waals surface area contributed by atoms with Crippen LogP contribution in [-0.2, 0) is 27.4 Å².